The van der Waals surface area contributed by atoms with Gasteiger partial charge in [-0.25, -0.2) is 23.1 Å². The fourth-order valence-electron chi connectivity index (χ4n) is 4.88. The van der Waals surface area contributed by atoms with E-state index in [0.29, 0.717) is 12.1 Å². The van der Waals surface area contributed by atoms with Gasteiger partial charge in [0, 0.05) is 28.9 Å². The van der Waals surface area contributed by atoms with Gasteiger partial charge in [-0.05, 0) is 30.4 Å². The van der Waals surface area contributed by atoms with Crippen molar-refractivity contribution in [1.82, 2.24) is 9.97 Å². The van der Waals surface area contributed by atoms with Crippen molar-refractivity contribution < 1.29 is 45.3 Å². The lowest BCUT2D eigenvalue weighted by Crippen LogP contribution is -2.65. The molecular weight excluding hydrogens is 502 g/mol. The van der Waals surface area contributed by atoms with Crippen LogP contribution < -0.4 is 5.32 Å². The van der Waals surface area contributed by atoms with Gasteiger partial charge >= 0.3 is 12.1 Å². The average Bonchev–Trinajstić information content (AvgIpc) is 2.75. The minimum absolute atomic E-state index is 0.0169. The third kappa shape index (κ3) is 3.62. The Morgan fingerprint density at radius 3 is 2.31 bits per heavy atom. The molecule has 5 nitrogen and oxygen atoms in total. The Kier molecular flexibility index (Phi) is 5.67. The van der Waals surface area contributed by atoms with Gasteiger partial charge in [0.2, 0.25) is 0 Å². The molecule has 0 amide bonds. The van der Waals surface area contributed by atoms with Crippen molar-refractivity contribution in [1.29, 1.82) is 0 Å². The number of phenolic OH excluding ortho intramolecular Hbond substituents is 1. The van der Waals surface area contributed by atoms with E-state index >= 15 is 0 Å². The maximum atomic E-state index is 15.0. The van der Waals surface area contributed by atoms with Gasteiger partial charge in [0.05, 0.1) is 6.04 Å². The molecule has 3 N–H and O–H groups in total. The molecule has 0 bridgehead atoms. The predicted octanol–water partition coefficient (Wildman–Crippen LogP) is 5.82. The van der Waals surface area contributed by atoms with Gasteiger partial charge in [-0.2, -0.15) is 22.0 Å². The molecule has 1 aliphatic carbocycles. The first-order valence-electron chi connectivity index (χ1n) is 10.5. The summed E-state index contributed by atoms with van der Waals surface area (Å²) in [5.74, 6) is -10.8. The Labute approximate surface area is 198 Å². The van der Waals surface area contributed by atoms with Crippen LogP contribution in [0.3, 0.4) is 0 Å². The van der Waals surface area contributed by atoms with Crippen LogP contribution in [0.2, 0.25) is 0 Å². The van der Waals surface area contributed by atoms with Crippen LogP contribution in [0.5, 0.6) is 5.75 Å². The Balaban J connectivity index is 2.04. The molecule has 4 rings (SSSR count). The quantitative estimate of drug-likeness (QED) is 0.379. The summed E-state index contributed by atoms with van der Waals surface area (Å²) < 4.78 is 114. The van der Waals surface area contributed by atoms with E-state index in [-0.39, 0.29) is 16.8 Å². The van der Waals surface area contributed by atoms with Crippen LogP contribution in [0.15, 0.2) is 24.4 Å². The second-order valence-corrected chi connectivity index (χ2v) is 9.39. The molecule has 0 aliphatic heterocycles. The lowest BCUT2D eigenvalue weighted by molar-refractivity contribution is -0.349. The summed E-state index contributed by atoms with van der Waals surface area (Å²) in [4.78, 5) is 7.59. The van der Waals surface area contributed by atoms with Crippen molar-refractivity contribution in [2.45, 2.75) is 56.3 Å². The van der Waals surface area contributed by atoms with Gasteiger partial charge in [-0.15, -0.1) is 0 Å². The van der Waals surface area contributed by atoms with Crippen molar-refractivity contribution in [3.63, 3.8) is 0 Å². The van der Waals surface area contributed by atoms with E-state index in [4.69, 9.17) is 0 Å². The van der Waals surface area contributed by atoms with Crippen LogP contribution in [0.1, 0.15) is 43.3 Å². The number of benzene rings is 2. The van der Waals surface area contributed by atoms with Crippen LogP contribution in [-0.2, 0) is 5.41 Å². The van der Waals surface area contributed by atoms with Crippen LogP contribution in [-0.4, -0.2) is 37.9 Å². The summed E-state index contributed by atoms with van der Waals surface area (Å²) in [6, 6.07) is -0.418. The standard InChI is InChI=1S/C23H19F8N3O2/c1-9-32-7-11-14(6-13(25)16(26)17(11)33-9)34-19-10-4-5-12(24)18(35)15(10)20(2,3)8-21(19,36)22(27,28)23(29,30)31/h4-7,19,34-36H,8H2,1-3H3/t19-,21-/m1/s1. The number of aromatic hydroxyl groups is 1. The predicted molar refractivity (Wildman–Crippen MR) is 112 cm³/mol. The van der Waals surface area contributed by atoms with Crippen molar-refractivity contribution in [2.24, 2.45) is 0 Å². The summed E-state index contributed by atoms with van der Waals surface area (Å²) >= 11 is 0. The highest BCUT2D eigenvalue weighted by molar-refractivity contribution is 5.91. The van der Waals surface area contributed by atoms with E-state index in [9.17, 15) is 45.3 Å². The number of hydrogen-bond acceptors (Lipinski definition) is 5. The van der Waals surface area contributed by atoms with E-state index in [1.165, 1.54) is 6.92 Å². The Bertz CT molecular complexity index is 1380. The number of aryl methyl sites for hydroxylation is 1. The molecule has 13 heteroatoms. The Morgan fingerprint density at radius 1 is 1.06 bits per heavy atom. The number of anilines is 1. The number of aromatic nitrogens is 2. The smallest absolute Gasteiger partial charge is 0.456 e. The second-order valence-electron chi connectivity index (χ2n) is 9.39. The molecule has 0 unspecified atom stereocenters. The van der Waals surface area contributed by atoms with Crippen molar-refractivity contribution >= 4 is 16.6 Å². The second kappa shape index (κ2) is 7.89. The zero-order chi connectivity index (χ0) is 27.0. The first-order valence-corrected chi connectivity index (χ1v) is 10.5. The van der Waals surface area contributed by atoms with Crippen LogP contribution in [0, 0.1) is 24.4 Å². The van der Waals surface area contributed by atoms with E-state index < -0.39 is 75.5 Å². The highest BCUT2D eigenvalue weighted by atomic mass is 19.4. The van der Waals surface area contributed by atoms with Crippen molar-refractivity contribution in [3.05, 3.63) is 58.8 Å². The van der Waals surface area contributed by atoms with E-state index in [1.54, 1.807) is 0 Å². The van der Waals surface area contributed by atoms with Gasteiger partial charge in [-0.3, -0.25) is 0 Å². The third-order valence-corrected chi connectivity index (χ3v) is 6.43. The minimum atomic E-state index is -6.23. The minimum Gasteiger partial charge on any atom is -0.505 e. The summed E-state index contributed by atoms with van der Waals surface area (Å²) in [6.45, 7) is 3.67. The number of nitrogens with one attached hydrogen (secondary N) is 1. The largest absolute Gasteiger partial charge is 0.505 e. The zero-order valence-electron chi connectivity index (χ0n) is 18.9. The number of rotatable bonds is 3. The highest BCUT2D eigenvalue weighted by Gasteiger charge is 2.74. The molecule has 36 heavy (non-hydrogen) atoms. The van der Waals surface area contributed by atoms with Gasteiger partial charge in [0.1, 0.15) is 11.3 Å². The van der Waals surface area contributed by atoms with Crippen molar-refractivity contribution in [3.8, 4) is 5.75 Å². The normalized spacial score (nSPS) is 21.9. The molecule has 1 aliphatic rings. The lowest BCUT2D eigenvalue weighted by Gasteiger charge is -2.51. The number of alkyl halides is 5. The summed E-state index contributed by atoms with van der Waals surface area (Å²) in [7, 11) is 0. The number of halogens is 8. The Hall–Kier alpha value is -3.22. The first kappa shape index (κ1) is 25.9. The SMILES string of the molecule is Cc1ncc2c(N[C@@H]3c4ccc(F)c(O)c4C(C)(C)C[C@]3(O)C(F)(F)C(F)(F)F)cc(F)c(F)c2n1. The molecule has 1 aromatic heterocycles. The molecule has 0 saturated heterocycles. The van der Waals surface area contributed by atoms with Gasteiger partial charge < -0.3 is 15.5 Å². The van der Waals surface area contributed by atoms with Crippen LogP contribution >= 0.6 is 0 Å². The summed E-state index contributed by atoms with van der Waals surface area (Å²) in [5.41, 5.74) is -7.63. The molecule has 2 aromatic carbocycles. The fraction of sp³-hybridized carbons (Fsp3) is 0.391. The van der Waals surface area contributed by atoms with E-state index in [0.717, 1.165) is 26.1 Å². The molecule has 194 valence electrons. The number of hydrogen-bond donors (Lipinski definition) is 3. The molecule has 0 saturated carbocycles. The molecule has 2 atom stereocenters. The van der Waals surface area contributed by atoms with Gasteiger partial charge in [-0.1, -0.05) is 19.9 Å². The molecule has 0 fully saturated rings. The van der Waals surface area contributed by atoms with E-state index in [2.05, 4.69) is 15.3 Å². The molecular formula is C23H19F8N3O2. The fourth-order valence-corrected chi connectivity index (χ4v) is 4.88. The maximum Gasteiger partial charge on any atom is 0.456 e. The average molecular weight is 521 g/mol. The maximum absolute atomic E-state index is 15.0. The Morgan fingerprint density at radius 2 is 1.69 bits per heavy atom. The summed E-state index contributed by atoms with van der Waals surface area (Å²) in [6.07, 6.45) is -6.53. The first-order chi connectivity index (χ1) is 16.4. The number of aliphatic hydroxyl groups is 1. The topological polar surface area (TPSA) is 78.3 Å². The summed E-state index contributed by atoms with van der Waals surface area (Å²) in [5, 5.41) is 23.5. The molecule has 0 radical (unpaired) electrons. The van der Waals surface area contributed by atoms with Gasteiger partial charge in [0.25, 0.3) is 0 Å². The van der Waals surface area contributed by atoms with Gasteiger partial charge in [0.15, 0.2) is 28.8 Å². The molecule has 1 heterocycles. The monoisotopic (exact) mass is 521 g/mol. The third-order valence-electron chi connectivity index (χ3n) is 6.43. The number of fused-ring (bicyclic) bond motifs is 2. The van der Waals surface area contributed by atoms with Crippen LogP contribution in [0.4, 0.5) is 40.8 Å². The molecule has 0 spiro atoms. The highest BCUT2D eigenvalue weighted by Crippen LogP contribution is 2.59. The lowest BCUT2D eigenvalue weighted by atomic mass is 9.61. The van der Waals surface area contributed by atoms with Crippen LogP contribution in [0.25, 0.3) is 10.9 Å². The van der Waals surface area contributed by atoms with E-state index in [1.807, 2.05) is 0 Å². The molecule has 3 aromatic rings. The number of phenols is 1. The zero-order valence-corrected chi connectivity index (χ0v) is 18.9. The van der Waals surface area contributed by atoms with Crippen molar-refractivity contribution in [2.75, 3.05) is 5.32 Å². The number of nitrogens with zero attached hydrogens (tertiary/aromatic N) is 2.